The number of hydrogen-bond donors (Lipinski definition) is 0. The summed E-state index contributed by atoms with van der Waals surface area (Å²) < 4.78 is 47.1. The highest BCUT2D eigenvalue weighted by molar-refractivity contribution is 8.03. The Morgan fingerprint density at radius 2 is 1.53 bits per heavy atom. The Hall–Kier alpha value is -1.14. The maximum atomic E-state index is 12.0. The maximum Gasteiger partial charge on any atom is 0.179 e. The van der Waals surface area contributed by atoms with Crippen LogP contribution in [0.2, 0.25) is 0 Å². The Morgan fingerprint density at radius 3 is 2.18 bits per heavy atom. The van der Waals surface area contributed by atoms with E-state index < -0.39 is 19.7 Å². The van der Waals surface area contributed by atoms with Gasteiger partial charge in [-0.05, 0) is 12.0 Å². The first-order valence-electron chi connectivity index (χ1n) is 5.13. The van der Waals surface area contributed by atoms with Gasteiger partial charge in [0.25, 0.3) is 0 Å². The molecule has 1 heterocycles. The second-order valence-electron chi connectivity index (χ2n) is 3.89. The summed E-state index contributed by atoms with van der Waals surface area (Å²) in [6, 6.07) is 8.32. The van der Waals surface area contributed by atoms with Crippen LogP contribution in [-0.2, 0) is 19.7 Å². The van der Waals surface area contributed by atoms with Gasteiger partial charge in [-0.15, -0.1) is 0 Å². The molecule has 0 atom stereocenters. The highest BCUT2D eigenvalue weighted by atomic mass is 32.2. The monoisotopic (exact) mass is 272 g/mol. The third-order valence-corrected chi connectivity index (χ3v) is 5.97. The molecule has 0 unspecified atom stereocenters. The number of rotatable bonds is 1. The van der Waals surface area contributed by atoms with Crippen LogP contribution in [-0.4, -0.2) is 28.3 Å². The van der Waals surface area contributed by atoms with Gasteiger partial charge in [0.05, 0.1) is 16.4 Å². The van der Waals surface area contributed by atoms with Crippen molar-refractivity contribution in [1.29, 1.82) is 0 Å². The summed E-state index contributed by atoms with van der Waals surface area (Å²) >= 11 is 0. The lowest BCUT2D eigenvalue weighted by Gasteiger charge is -2.05. The molecule has 0 N–H and O–H groups in total. The van der Waals surface area contributed by atoms with Crippen molar-refractivity contribution < 1.29 is 16.8 Å². The van der Waals surface area contributed by atoms with Crippen LogP contribution in [0.15, 0.2) is 35.7 Å². The van der Waals surface area contributed by atoms with Gasteiger partial charge >= 0.3 is 0 Å². The van der Waals surface area contributed by atoms with E-state index in [1.54, 1.807) is 30.3 Å². The molecule has 17 heavy (non-hydrogen) atoms. The van der Waals surface area contributed by atoms with E-state index in [9.17, 15) is 16.8 Å². The van der Waals surface area contributed by atoms with Gasteiger partial charge in [-0.1, -0.05) is 30.3 Å². The molecule has 0 bridgehead atoms. The summed E-state index contributed by atoms with van der Waals surface area (Å²) in [5, 5.41) is 0.894. The predicted octanol–water partition coefficient (Wildman–Crippen LogP) is 1.22. The largest absolute Gasteiger partial charge is 0.224 e. The Balaban J connectivity index is 2.66. The van der Waals surface area contributed by atoms with Crippen molar-refractivity contribution in [3.8, 4) is 0 Å². The molecular formula is C11H12O4S2. The molecule has 6 heteroatoms. The number of benzene rings is 1. The van der Waals surface area contributed by atoms with Crippen LogP contribution in [0, 0.1) is 0 Å². The van der Waals surface area contributed by atoms with E-state index in [0.717, 1.165) is 5.41 Å². The van der Waals surface area contributed by atoms with Crippen LogP contribution < -0.4 is 0 Å². The minimum absolute atomic E-state index is 0.0874. The van der Waals surface area contributed by atoms with Crippen molar-refractivity contribution in [2.24, 2.45) is 0 Å². The van der Waals surface area contributed by atoms with Gasteiger partial charge in [0, 0.05) is 5.41 Å². The fraction of sp³-hybridized carbons (Fsp3) is 0.273. The van der Waals surface area contributed by atoms with Crippen molar-refractivity contribution >= 4 is 24.6 Å². The first-order valence-corrected chi connectivity index (χ1v) is 8.50. The topological polar surface area (TPSA) is 68.3 Å². The molecule has 1 aliphatic rings. The molecule has 0 amide bonds. The first kappa shape index (κ1) is 12.3. The predicted molar refractivity (Wildman–Crippen MR) is 66.6 cm³/mol. The minimum Gasteiger partial charge on any atom is -0.224 e. The third-order valence-electron chi connectivity index (χ3n) is 2.52. The molecule has 0 saturated heterocycles. The lowest BCUT2D eigenvalue weighted by Crippen LogP contribution is -2.07. The third kappa shape index (κ3) is 2.76. The molecule has 0 aromatic heterocycles. The van der Waals surface area contributed by atoms with E-state index in [4.69, 9.17) is 0 Å². The van der Waals surface area contributed by atoms with E-state index in [1.807, 2.05) is 0 Å². The smallest absolute Gasteiger partial charge is 0.179 e. The molecule has 2 rings (SSSR count). The molecule has 4 nitrogen and oxygen atoms in total. The van der Waals surface area contributed by atoms with Gasteiger partial charge in [0.15, 0.2) is 19.7 Å². The van der Waals surface area contributed by atoms with Gasteiger partial charge in [0.1, 0.15) is 0 Å². The Kier molecular flexibility index (Phi) is 3.09. The summed E-state index contributed by atoms with van der Waals surface area (Å²) in [6.45, 7) is 0. The normalized spacial score (nSPS) is 22.5. The molecule has 0 fully saturated rings. The fourth-order valence-corrected chi connectivity index (χ4v) is 5.28. The summed E-state index contributed by atoms with van der Waals surface area (Å²) in [5.41, 5.74) is 0.429. The second-order valence-corrected chi connectivity index (χ2v) is 7.93. The highest BCUT2D eigenvalue weighted by Gasteiger charge is 2.26. The lowest BCUT2D eigenvalue weighted by atomic mass is 10.2. The molecule has 1 aromatic carbocycles. The number of sulfone groups is 2. The van der Waals surface area contributed by atoms with Crippen LogP contribution in [0.1, 0.15) is 12.0 Å². The van der Waals surface area contributed by atoms with Gasteiger partial charge in [0.2, 0.25) is 0 Å². The molecule has 0 aliphatic carbocycles. The van der Waals surface area contributed by atoms with Crippen molar-refractivity contribution in [1.82, 2.24) is 0 Å². The van der Waals surface area contributed by atoms with Gasteiger partial charge in [-0.2, -0.15) is 0 Å². The van der Waals surface area contributed by atoms with E-state index in [2.05, 4.69) is 0 Å². The van der Waals surface area contributed by atoms with Crippen molar-refractivity contribution in [3.63, 3.8) is 0 Å². The van der Waals surface area contributed by atoms with Crippen molar-refractivity contribution in [2.45, 2.75) is 6.42 Å². The second kappa shape index (κ2) is 4.27. The molecule has 1 aliphatic heterocycles. The zero-order valence-corrected chi connectivity index (χ0v) is 10.7. The molecule has 0 saturated carbocycles. The minimum atomic E-state index is -3.50. The summed E-state index contributed by atoms with van der Waals surface area (Å²) in [5.74, 6) is -0.227. The molecule has 1 aromatic rings. The van der Waals surface area contributed by atoms with Crippen LogP contribution in [0.4, 0.5) is 0 Å². The average Bonchev–Trinajstić information content (AvgIpc) is 2.36. The van der Waals surface area contributed by atoms with E-state index in [-0.39, 0.29) is 22.8 Å². The van der Waals surface area contributed by atoms with Crippen LogP contribution in [0.5, 0.6) is 0 Å². The van der Waals surface area contributed by atoms with E-state index in [1.165, 1.54) is 0 Å². The zero-order valence-electron chi connectivity index (χ0n) is 9.03. The number of hydrogen-bond acceptors (Lipinski definition) is 4. The Bertz CT molecular complexity index is 640. The molecule has 0 spiro atoms. The summed E-state index contributed by atoms with van der Waals surface area (Å²) in [6.07, 6.45) is 0.150. The van der Waals surface area contributed by atoms with E-state index in [0.29, 0.717) is 5.56 Å². The quantitative estimate of drug-likeness (QED) is 0.771. The molecular weight excluding hydrogens is 260 g/mol. The molecule has 92 valence electrons. The van der Waals surface area contributed by atoms with Crippen LogP contribution >= 0.6 is 0 Å². The zero-order chi connectivity index (χ0) is 12.5. The van der Waals surface area contributed by atoms with Crippen LogP contribution in [0.25, 0.3) is 4.91 Å². The summed E-state index contributed by atoms with van der Waals surface area (Å²) in [7, 11) is -6.93. The highest BCUT2D eigenvalue weighted by Crippen LogP contribution is 2.26. The molecule has 0 radical (unpaired) electrons. The van der Waals surface area contributed by atoms with Gasteiger partial charge < -0.3 is 0 Å². The SMILES string of the molecule is O=S1(=O)C=C(c2ccccc2)S(=O)(=O)CCC1. The van der Waals surface area contributed by atoms with Crippen molar-refractivity contribution in [2.75, 3.05) is 11.5 Å². The first-order chi connectivity index (χ1) is 7.91. The average molecular weight is 272 g/mol. The fourth-order valence-electron chi connectivity index (χ4n) is 1.71. The Morgan fingerprint density at radius 1 is 0.882 bits per heavy atom. The van der Waals surface area contributed by atoms with Crippen LogP contribution in [0.3, 0.4) is 0 Å². The van der Waals surface area contributed by atoms with Gasteiger partial charge in [-0.25, -0.2) is 16.8 Å². The lowest BCUT2D eigenvalue weighted by molar-refractivity contribution is 0.602. The van der Waals surface area contributed by atoms with E-state index >= 15 is 0 Å². The maximum absolute atomic E-state index is 12.0. The van der Waals surface area contributed by atoms with Gasteiger partial charge in [-0.3, -0.25) is 0 Å². The summed E-state index contributed by atoms with van der Waals surface area (Å²) in [4.78, 5) is -0.0874. The standard InChI is InChI=1S/C11H12O4S2/c12-16(13)7-4-8-17(14,15)11(9-16)10-5-2-1-3-6-10/h1-3,5-6,9H,4,7-8H2. The Labute approximate surface area is 101 Å². The van der Waals surface area contributed by atoms with Crippen molar-refractivity contribution in [3.05, 3.63) is 41.3 Å².